The molecular weight excluding hydrogens is 420 g/mol. The number of amides is 2. The van der Waals surface area contributed by atoms with Gasteiger partial charge in [-0.3, -0.25) is 9.59 Å². The second-order valence-electron chi connectivity index (χ2n) is 8.80. The molecule has 7 nitrogen and oxygen atoms in total. The van der Waals surface area contributed by atoms with E-state index in [4.69, 9.17) is 14.2 Å². The Labute approximate surface area is 193 Å². The van der Waals surface area contributed by atoms with Crippen LogP contribution in [0.3, 0.4) is 0 Å². The highest BCUT2D eigenvalue weighted by atomic mass is 16.5. The summed E-state index contributed by atoms with van der Waals surface area (Å²) in [4.78, 5) is 28.3. The molecule has 33 heavy (non-hydrogen) atoms. The molecule has 2 bridgehead atoms. The van der Waals surface area contributed by atoms with Gasteiger partial charge in [0.2, 0.25) is 11.8 Å². The second kappa shape index (κ2) is 8.56. The Balaban J connectivity index is 1.26. The van der Waals surface area contributed by atoms with Crippen molar-refractivity contribution in [2.75, 3.05) is 27.3 Å². The van der Waals surface area contributed by atoms with Gasteiger partial charge in [0, 0.05) is 13.1 Å². The summed E-state index contributed by atoms with van der Waals surface area (Å²) < 4.78 is 16.9. The highest BCUT2D eigenvalue weighted by molar-refractivity contribution is 5.93. The summed E-state index contributed by atoms with van der Waals surface area (Å²) in [6.07, 6.45) is 4.25. The molecule has 2 fully saturated rings. The Hall–Kier alpha value is -3.32. The number of nitrogens with one attached hydrogen (secondary N) is 1. The van der Waals surface area contributed by atoms with Gasteiger partial charge in [0.25, 0.3) is 0 Å². The number of fused-ring (bicyclic) bond motifs is 1. The number of likely N-dealkylation sites (tertiary alicyclic amines) is 1. The largest absolute Gasteiger partial charge is 0.493 e. The van der Waals surface area contributed by atoms with Crippen LogP contribution in [0.2, 0.25) is 0 Å². The highest BCUT2D eigenvalue weighted by Gasteiger charge is 2.66. The van der Waals surface area contributed by atoms with Crippen LogP contribution in [0.25, 0.3) is 0 Å². The standard InChI is InChI=1S/C26H28N2O5/c1-31-19-9-8-17(14-21(19)32-2)11-13-28-16-26-12-10-20(33-26)22(23(26)25(28)30)24(29)27-15-18-6-4-3-5-7-18/h3-10,12,14,20,22-23H,11,13,15-16H2,1-2H3,(H,27,29)/t20-,22-,23-,26+/m0/s1. The number of hydrogen-bond acceptors (Lipinski definition) is 5. The SMILES string of the molecule is COc1ccc(CCN2C[C@@]34C=C[C@H](O3)[C@H](C(=O)NCc3ccccc3)[C@H]4C2=O)cc1OC. The average molecular weight is 449 g/mol. The molecule has 1 N–H and O–H groups in total. The molecule has 5 rings (SSSR count). The zero-order valence-electron chi connectivity index (χ0n) is 18.8. The van der Waals surface area contributed by atoms with Crippen molar-refractivity contribution in [3.8, 4) is 11.5 Å². The van der Waals surface area contributed by atoms with Gasteiger partial charge in [-0.1, -0.05) is 48.6 Å². The lowest BCUT2D eigenvalue weighted by atomic mass is 9.77. The first-order valence-corrected chi connectivity index (χ1v) is 11.2. The molecule has 2 saturated heterocycles. The van der Waals surface area contributed by atoms with Gasteiger partial charge in [-0.05, 0) is 29.7 Å². The van der Waals surface area contributed by atoms with Crippen molar-refractivity contribution in [2.24, 2.45) is 11.8 Å². The van der Waals surface area contributed by atoms with Gasteiger partial charge in [-0.15, -0.1) is 0 Å². The smallest absolute Gasteiger partial charge is 0.230 e. The number of hydrogen-bond donors (Lipinski definition) is 1. The molecular formula is C26H28N2O5. The zero-order chi connectivity index (χ0) is 23.0. The fraction of sp³-hybridized carbons (Fsp3) is 0.385. The molecule has 0 aliphatic carbocycles. The lowest BCUT2D eigenvalue weighted by Gasteiger charge is -2.23. The molecule has 2 amide bonds. The van der Waals surface area contributed by atoms with Crippen molar-refractivity contribution in [1.82, 2.24) is 10.2 Å². The van der Waals surface area contributed by atoms with E-state index < -0.39 is 17.4 Å². The van der Waals surface area contributed by atoms with Gasteiger partial charge in [0.05, 0.1) is 38.7 Å². The van der Waals surface area contributed by atoms with Gasteiger partial charge in [0.15, 0.2) is 11.5 Å². The maximum Gasteiger partial charge on any atom is 0.230 e. The highest BCUT2D eigenvalue weighted by Crippen LogP contribution is 2.51. The van der Waals surface area contributed by atoms with Crippen LogP contribution in [0.1, 0.15) is 11.1 Å². The Morgan fingerprint density at radius 1 is 1.12 bits per heavy atom. The lowest BCUT2D eigenvalue weighted by Crippen LogP contribution is -2.44. The van der Waals surface area contributed by atoms with Crippen molar-refractivity contribution in [3.63, 3.8) is 0 Å². The molecule has 4 atom stereocenters. The normalized spacial score (nSPS) is 27.0. The van der Waals surface area contributed by atoms with Crippen LogP contribution in [0.15, 0.2) is 60.7 Å². The predicted octanol–water partition coefficient (Wildman–Crippen LogP) is 2.34. The fourth-order valence-corrected chi connectivity index (χ4v) is 5.27. The minimum atomic E-state index is -0.700. The minimum Gasteiger partial charge on any atom is -0.493 e. The number of nitrogens with zero attached hydrogens (tertiary/aromatic N) is 1. The average Bonchev–Trinajstić information content (AvgIpc) is 3.49. The van der Waals surface area contributed by atoms with Crippen LogP contribution in [-0.4, -0.2) is 55.7 Å². The van der Waals surface area contributed by atoms with Crippen LogP contribution in [0, 0.1) is 11.8 Å². The molecule has 0 saturated carbocycles. The quantitative estimate of drug-likeness (QED) is 0.628. The first-order chi connectivity index (χ1) is 16.0. The summed E-state index contributed by atoms with van der Waals surface area (Å²) in [6, 6.07) is 15.5. The van der Waals surface area contributed by atoms with E-state index in [0.717, 1.165) is 11.1 Å². The molecule has 7 heteroatoms. The minimum absolute atomic E-state index is 0.0119. The Morgan fingerprint density at radius 3 is 2.67 bits per heavy atom. The van der Waals surface area contributed by atoms with Crippen molar-refractivity contribution in [3.05, 3.63) is 71.8 Å². The van der Waals surface area contributed by atoms with Gasteiger partial charge >= 0.3 is 0 Å². The Kier molecular flexibility index (Phi) is 5.58. The molecule has 0 aromatic heterocycles. The molecule has 0 radical (unpaired) electrons. The van der Waals surface area contributed by atoms with E-state index in [2.05, 4.69) is 5.32 Å². The number of carbonyl (C=O) groups is 2. The summed E-state index contributed by atoms with van der Waals surface area (Å²) in [5.74, 6) is 0.216. The van der Waals surface area contributed by atoms with Crippen LogP contribution >= 0.6 is 0 Å². The van der Waals surface area contributed by atoms with E-state index in [1.54, 1.807) is 14.2 Å². The third-order valence-corrected chi connectivity index (χ3v) is 6.91. The van der Waals surface area contributed by atoms with E-state index in [-0.39, 0.29) is 17.9 Å². The molecule has 1 spiro atoms. The van der Waals surface area contributed by atoms with Crippen molar-refractivity contribution >= 4 is 11.8 Å². The summed E-state index contributed by atoms with van der Waals surface area (Å²) in [7, 11) is 3.21. The molecule has 2 aromatic rings. The molecule has 3 aliphatic heterocycles. The first kappa shape index (κ1) is 21.5. The van der Waals surface area contributed by atoms with Gasteiger partial charge in [-0.25, -0.2) is 0 Å². The number of ether oxygens (including phenoxy) is 3. The van der Waals surface area contributed by atoms with Crippen molar-refractivity contribution in [2.45, 2.75) is 24.7 Å². The summed E-state index contributed by atoms with van der Waals surface area (Å²) in [5, 5.41) is 3.00. The summed E-state index contributed by atoms with van der Waals surface area (Å²) in [5.41, 5.74) is 1.37. The number of carbonyl (C=O) groups excluding carboxylic acids is 2. The van der Waals surface area contributed by atoms with Gasteiger partial charge in [-0.2, -0.15) is 0 Å². The maximum atomic E-state index is 13.4. The summed E-state index contributed by atoms with van der Waals surface area (Å²) in [6.45, 7) is 1.45. The third-order valence-electron chi connectivity index (χ3n) is 6.91. The number of rotatable bonds is 8. The molecule has 3 aliphatic rings. The molecule has 3 heterocycles. The monoisotopic (exact) mass is 448 g/mol. The van der Waals surface area contributed by atoms with E-state index >= 15 is 0 Å². The van der Waals surface area contributed by atoms with E-state index in [0.29, 0.717) is 37.6 Å². The predicted molar refractivity (Wildman–Crippen MR) is 122 cm³/mol. The summed E-state index contributed by atoms with van der Waals surface area (Å²) >= 11 is 0. The third kappa shape index (κ3) is 3.76. The number of benzene rings is 2. The van der Waals surface area contributed by atoms with Gasteiger partial charge in [0.1, 0.15) is 5.60 Å². The van der Waals surface area contributed by atoms with Crippen LogP contribution in [-0.2, 0) is 27.3 Å². The van der Waals surface area contributed by atoms with Gasteiger partial charge < -0.3 is 24.4 Å². The van der Waals surface area contributed by atoms with E-state index in [1.165, 1.54) is 0 Å². The molecule has 0 unspecified atom stereocenters. The van der Waals surface area contributed by atoms with Crippen molar-refractivity contribution in [1.29, 1.82) is 0 Å². The van der Waals surface area contributed by atoms with Crippen LogP contribution in [0.5, 0.6) is 11.5 Å². The maximum absolute atomic E-state index is 13.4. The lowest BCUT2D eigenvalue weighted by molar-refractivity contribution is -0.137. The zero-order valence-corrected chi connectivity index (χ0v) is 18.8. The Morgan fingerprint density at radius 2 is 1.91 bits per heavy atom. The molecule has 2 aromatic carbocycles. The topological polar surface area (TPSA) is 77.1 Å². The number of methoxy groups -OCH3 is 2. The van der Waals surface area contributed by atoms with E-state index in [9.17, 15) is 9.59 Å². The Bertz CT molecular complexity index is 1090. The first-order valence-electron chi connectivity index (χ1n) is 11.2. The van der Waals surface area contributed by atoms with Crippen molar-refractivity contribution < 1.29 is 23.8 Å². The molecule has 172 valence electrons. The van der Waals surface area contributed by atoms with Crippen LogP contribution in [0.4, 0.5) is 0 Å². The second-order valence-corrected chi connectivity index (χ2v) is 8.80. The van der Waals surface area contributed by atoms with Crippen LogP contribution < -0.4 is 14.8 Å². The van der Waals surface area contributed by atoms with E-state index in [1.807, 2.05) is 65.6 Å². The fourth-order valence-electron chi connectivity index (χ4n) is 5.27.